The molecule has 8 heteroatoms. The number of rotatable bonds is 7. The van der Waals surface area contributed by atoms with Crippen LogP contribution in [0.5, 0.6) is 0 Å². The quantitative estimate of drug-likeness (QED) is 0.533. The van der Waals surface area contributed by atoms with Gasteiger partial charge in [-0.2, -0.15) is 4.31 Å². The van der Waals surface area contributed by atoms with Crippen molar-refractivity contribution in [1.29, 1.82) is 0 Å². The maximum Gasteiger partial charge on any atom is 0.245 e. The van der Waals surface area contributed by atoms with E-state index in [1.54, 1.807) is 0 Å². The minimum Gasteiger partial charge on any atom is -0.380 e. The fraction of sp³-hybridized carbons (Fsp3) is 0.500. The molecule has 0 unspecified atom stereocenters. The number of alkyl halides is 1. The number of halogens is 3. The van der Waals surface area contributed by atoms with Crippen molar-refractivity contribution in [1.82, 2.24) is 4.31 Å². The summed E-state index contributed by atoms with van der Waals surface area (Å²) in [6, 6.07) is 2.69. The fourth-order valence-electron chi connectivity index (χ4n) is 1.53. The second-order valence-corrected chi connectivity index (χ2v) is 7.23. The van der Waals surface area contributed by atoms with E-state index >= 15 is 0 Å². The van der Waals surface area contributed by atoms with Gasteiger partial charge in [0.1, 0.15) is 10.7 Å². The lowest BCUT2D eigenvalue weighted by atomic mass is 10.2. The van der Waals surface area contributed by atoms with Crippen LogP contribution in [-0.2, 0) is 20.6 Å². The summed E-state index contributed by atoms with van der Waals surface area (Å²) in [5.74, 6) is -0.914. The molecule has 20 heavy (non-hydrogen) atoms. The summed E-state index contributed by atoms with van der Waals surface area (Å²) in [6.45, 7) is 2.72. The van der Waals surface area contributed by atoms with Crippen LogP contribution in [0.4, 0.5) is 4.39 Å². The molecule has 1 aromatic rings. The molecule has 0 bridgehead atoms. The molecule has 0 aromatic heterocycles. The fourth-order valence-corrected chi connectivity index (χ4v) is 3.66. The van der Waals surface area contributed by atoms with E-state index in [0.29, 0.717) is 11.1 Å². The molecule has 0 heterocycles. The summed E-state index contributed by atoms with van der Waals surface area (Å²) in [7, 11) is -2.53. The van der Waals surface area contributed by atoms with Crippen LogP contribution in [-0.4, -0.2) is 39.5 Å². The number of likely N-dealkylation sites (N-methyl/N-ethyl adjacent to an activating group) is 1. The van der Waals surface area contributed by atoms with Gasteiger partial charge < -0.3 is 4.74 Å². The topological polar surface area (TPSA) is 46.6 Å². The van der Waals surface area contributed by atoms with Crippen LogP contribution in [0.15, 0.2) is 21.5 Å². The van der Waals surface area contributed by atoms with Crippen molar-refractivity contribution in [2.45, 2.75) is 17.7 Å². The number of nitrogens with zero attached hydrogens (tertiary/aromatic N) is 1. The molecule has 0 saturated heterocycles. The average Bonchev–Trinajstić information content (AvgIpc) is 2.40. The Kier molecular flexibility index (Phi) is 6.87. The zero-order valence-corrected chi connectivity index (χ0v) is 14.4. The van der Waals surface area contributed by atoms with Gasteiger partial charge in [0.2, 0.25) is 10.0 Å². The number of hydrogen-bond acceptors (Lipinski definition) is 3. The molecule has 4 nitrogen and oxygen atoms in total. The van der Waals surface area contributed by atoms with Crippen LogP contribution >= 0.6 is 27.5 Å². The Labute approximate surface area is 132 Å². The van der Waals surface area contributed by atoms with E-state index in [1.807, 2.05) is 6.92 Å². The molecule has 0 aliphatic rings. The lowest BCUT2D eigenvalue weighted by molar-refractivity contribution is 0.138. The van der Waals surface area contributed by atoms with Crippen molar-refractivity contribution in [2.75, 3.05) is 26.8 Å². The molecule has 0 amide bonds. The largest absolute Gasteiger partial charge is 0.380 e. The number of sulfonamides is 1. The van der Waals surface area contributed by atoms with Gasteiger partial charge in [0.05, 0.1) is 12.5 Å². The van der Waals surface area contributed by atoms with Crippen molar-refractivity contribution >= 4 is 37.6 Å². The van der Waals surface area contributed by atoms with Gasteiger partial charge in [0.15, 0.2) is 0 Å². The molecule has 0 atom stereocenters. The molecule has 0 N–H and O–H groups in total. The van der Waals surface area contributed by atoms with Gasteiger partial charge in [-0.25, -0.2) is 12.8 Å². The zero-order valence-electron chi connectivity index (χ0n) is 11.2. The summed E-state index contributed by atoms with van der Waals surface area (Å²) < 4.78 is 45.5. The molecule has 0 spiro atoms. The first-order chi connectivity index (χ1) is 9.34. The number of benzene rings is 1. The molecule has 0 aliphatic heterocycles. The van der Waals surface area contributed by atoms with Gasteiger partial charge in [0, 0.05) is 30.2 Å². The molecule has 0 fully saturated rings. The van der Waals surface area contributed by atoms with Gasteiger partial charge >= 0.3 is 0 Å². The Morgan fingerprint density at radius 1 is 1.45 bits per heavy atom. The third-order valence-electron chi connectivity index (χ3n) is 2.67. The molecular formula is C12H16BrClFNO3S. The van der Waals surface area contributed by atoms with Gasteiger partial charge in [-0.15, -0.1) is 11.6 Å². The predicted octanol–water partition coefficient (Wildman–Crippen LogP) is 2.98. The number of ether oxygens (including phenoxy) is 1. The highest BCUT2D eigenvalue weighted by Crippen LogP contribution is 2.27. The smallest absolute Gasteiger partial charge is 0.245 e. The highest BCUT2D eigenvalue weighted by molar-refractivity contribution is 9.10. The van der Waals surface area contributed by atoms with E-state index in [-0.39, 0.29) is 29.5 Å². The van der Waals surface area contributed by atoms with Gasteiger partial charge in [-0.3, -0.25) is 0 Å². The van der Waals surface area contributed by atoms with Crippen LogP contribution in [0.2, 0.25) is 0 Å². The first-order valence-electron chi connectivity index (χ1n) is 5.92. The minimum absolute atomic E-state index is 0.101. The van der Waals surface area contributed by atoms with Crippen LogP contribution in [0.1, 0.15) is 12.5 Å². The summed E-state index contributed by atoms with van der Waals surface area (Å²) in [5, 5.41) is 0. The second kappa shape index (κ2) is 7.70. The SMILES string of the molecule is CCOCCN(C)S(=O)(=O)c1cc(Br)cc(CCl)c1F. The summed E-state index contributed by atoms with van der Waals surface area (Å²) in [5.41, 5.74) is 0.137. The standard InChI is InChI=1S/C12H16BrClFNO3S/c1-3-19-5-4-16(2)20(17,18)11-7-10(13)6-9(8-14)12(11)15/h6-7H,3-5,8H2,1-2H3. The molecule has 1 rings (SSSR count). The number of hydrogen-bond donors (Lipinski definition) is 0. The van der Waals surface area contributed by atoms with E-state index < -0.39 is 15.8 Å². The lowest BCUT2D eigenvalue weighted by Crippen LogP contribution is -2.31. The van der Waals surface area contributed by atoms with Gasteiger partial charge in [-0.05, 0) is 19.1 Å². The molecule has 114 valence electrons. The second-order valence-electron chi connectivity index (χ2n) is 4.03. The van der Waals surface area contributed by atoms with E-state index in [1.165, 1.54) is 19.2 Å². The lowest BCUT2D eigenvalue weighted by Gasteiger charge is -2.18. The van der Waals surface area contributed by atoms with Gasteiger partial charge in [0.25, 0.3) is 0 Å². The van der Waals surface area contributed by atoms with Crippen LogP contribution in [0.25, 0.3) is 0 Å². The van der Waals surface area contributed by atoms with Crippen molar-refractivity contribution < 1.29 is 17.5 Å². The summed E-state index contributed by atoms with van der Waals surface area (Å²) in [6.07, 6.45) is 0. The van der Waals surface area contributed by atoms with Crippen LogP contribution < -0.4 is 0 Å². The van der Waals surface area contributed by atoms with E-state index in [0.717, 1.165) is 4.31 Å². The third-order valence-corrected chi connectivity index (χ3v) is 5.27. The van der Waals surface area contributed by atoms with Crippen molar-refractivity contribution in [2.24, 2.45) is 0 Å². The Balaban J connectivity index is 3.12. The maximum absolute atomic E-state index is 14.2. The van der Waals surface area contributed by atoms with E-state index in [2.05, 4.69) is 15.9 Å². The van der Waals surface area contributed by atoms with Crippen molar-refractivity contribution in [3.05, 3.63) is 28.0 Å². The minimum atomic E-state index is -3.92. The molecule has 0 aliphatic carbocycles. The van der Waals surface area contributed by atoms with Crippen LogP contribution in [0.3, 0.4) is 0 Å². The average molecular weight is 389 g/mol. The molecular weight excluding hydrogens is 373 g/mol. The Morgan fingerprint density at radius 2 is 2.10 bits per heavy atom. The Bertz CT molecular complexity index is 568. The molecule has 1 aromatic carbocycles. The first-order valence-corrected chi connectivity index (χ1v) is 8.69. The van der Waals surface area contributed by atoms with E-state index in [4.69, 9.17) is 16.3 Å². The first kappa shape index (κ1) is 17.8. The van der Waals surface area contributed by atoms with Crippen LogP contribution in [0, 0.1) is 5.82 Å². The zero-order chi connectivity index (χ0) is 15.3. The normalized spacial score (nSPS) is 12.1. The third kappa shape index (κ3) is 4.14. The van der Waals surface area contributed by atoms with E-state index in [9.17, 15) is 12.8 Å². The molecule has 0 saturated carbocycles. The highest BCUT2D eigenvalue weighted by atomic mass is 79.9. The summed E-state index contributed by atoms with van der Waals surface area (Å²) >= 11 is 8.78. The Morgan fingerprint density at radius 3 is 2.65 bits per heavy atom. The summed E-state index contributed by atoms with van der Waals surface area (Å²) in [4.78, 5) is -0.387. The van der Waals surface area contributed by atoms with Gasteiger partial charge in [-0.1, -0.05) is 15.9 Å². The highest BCUT2D eigenvalue weighted by Gasteiger charge is 2.26. The van der Waals surface area contributed by atoms with Crippen molar-refractivity contribution in [3.63, 3.8) is 0 Å². The predicted molar refractivity (Wildman–Crippen MR) is 80.0 cm³/mol. The molecule has 0 radical (unpaired) electrons. The Hall–Kier alpha value is -0.210. The van der Waals surface area contributed by atoms with Crippen molar-refractivity contribution in [3.8, 4) is 0 Å². The monoisotopic (exact) mass is 387 g/mol. The maximum atomic E-state index is 14.2.